The summed E-state index contributed by atoms with van der Waals surface area (Å²) < 4.78 is 5.60. The van der Waals surface area contributed by atoms with Gasteiger partial charge in [0.15, 0.2) is 0 Å². The number of carbonyl (C=O) groups is 1. The highest BCUT2D eigenvalue weighted by molar-refractivity contribution is 5.91. The SMILES string of the molecule is CCc1ccc(CCC(=O)Nc2ccc(-c3cnc[nH]3)cc2)o1. The summed E-state index contributed by atoms with van der Waals surface area (Å²) in [6.07, 6.45) is 5.29. The van der Waals surface area contributed by atoms with E-state index < -0.39 is 0 Å². The third-order valence-corrected chi connectivity index (χ3v) is 3.64. The number of carbonyl (C=O) groups excluding carboxylic acids is 1. The van der Waals surface area contributed by atoms with Crippen LogP contribution in [0.25, 0.3) is 11.3 Å². The van der Waals surface area contributed by atoms with Crippen molar-refractivity contribution in [3.63, 3.8) is 0 Å². The lowest BCUT2D eigenvalue weighted by Crippen LogP contribution is -2.12. The number of amides is 1. The number of nitrogens with zero attached hydrogens (tertiary/aromatic N) is 1. The molecule has 1 aromatic carbocycles. The van der Waals surface area contributed by atoms with Crippen molar-refractivity contribution in [1.29, 1.82) is 0 Å². The Hall–Kier alpha value is -2.82. The highest BCUT2D eigenvalue weighted by Crippen LogP contribution is 2.19. The topological polar surface area (TPSA) is 70.9 Å². The Morgan fingerprint density at radius 1 is 1.17 bits per heavy atom. The molecule has 2 aromatic heterocycles. The normalized spacial score (nSPS) is 10.7. The summed E-state index contributed by atoms with van der Waals surface area (Å²) in [5.74, 6) is 1.79. The number of aromatic nitrogens is 2. The number of anilines is 1. The number of furan rings is 1. The maximum atomic E-state index is 12.0. The van der Waals surface area contributed by atoms with Gasteiger partial charge >= 0.3 is 0 Å². The monoisotopic (exact) mass is 309 g/mol. The Balaban J connectivity index is 1.53. The molecule has 1 amide bonds. The number of rotatable bonds is 6. The molecule has 0 bridgehead atoms. The summed E-state index contributed by atoms with van der Waals surface area (Å²) in [6.45, 7) is 2.04. The molecule has 3 rings (SSSR count). The van der Waals surface area contributed by atoms with Gasteiger partial charge in [0, 0.05) is 24.9 Å². The highest BCUT2D eigenvalue weighted by Gasteiger charge is 2.07. The van der Waals surface area contributed by atoms with Crippen molar-refractivity contribution in [2.45, 2.75) is 26.2 Å². The molecule has 0 aliphatic heterocycles. The molecule has 5 heteroatoms. The van der Waals surface area contributed by atoms with Gasteiger partial charge in [-0.15, -0.1) is 0 Å². The fourth-order valence-corrected chi connectivity index (χ4v) is 2.35. The molecule has 0 unspecified atom stereocenters. The molecule has 0 radical (unpaired) electrons. The van der Waals surface area contributed by atoms with Crippen LogP contribution >= 0.6 is 0 Å². The van der Waals surface area contributed by atoms with E-state index in [9.17, 15) is 4.79 Å². The van der Waals surface area contributed by atoms with E-state index in [4.69, 9.17) is 4.42 Å². The number of benzene rings is 1. The van der Waals surface area contributed by atoms with E-state index in [0.717, 1.165) is 34.9 Å². The second-order valence-electron chi connectivity index (χ2n) is 5.31. The fraction of sp³-hybridized carbons (Fsp3) is 0.222. The van der Waals surface area contributed by atoms with Gasteiger partial charge in [-0.1, -0.05) is 19.1 Å². The van der Waals surface area contributed by atoms with Crippen LogP contribution in [0.1, 0.15) is 24.9 Å². The first-order valence-electron chi connectivity index (χ1n) is 7.71. The van der Waals surface area contributed by atoms with Crippen molar-refractivity contribution in [3.05, 3.63) is 60.4 Å². The van der Waals surface area contributed by atoms with Gasteiger partial charge < -0.3 is 14.7 Å². The number of hydrogen-bond acceptors (Lipinski definition) is 3. The summed E-state index contributed by atoms with van der Waals surface area (Å²) in [5, 5.41) is 2.90. The molecule has 0 aliphatic carbocycles. The van der Waals surface area contributed by atoms with Crippen LogP contribution in [-0.2, 0) is 17.6 Å². The zero-order chi connectivity index (χ0) is 16.1. The predicted octanol–water partition coefficient (Wildman–Crippen LogP) is 3.80. The van der Waals surface area contributed by atoms with Gasteiger partial charge in [0.1, 0.15) is 11.5 Å². The van der Waals surface area contributed by atoms with Crippen LogP contribution in [0.3, 0.4) is 0 Å². The Morgan fingerprint density at radius 2 is 1.96 bits per heavy atom. The number of aromatic amines is 1. The summed E-state index contributed by atoms with van der Waals surface area (Å²) >= 11 is 0. The molecule has 118 valence electrons. The third-order valence-electron chi connectivity index (χ3n) is 3.64. The fourth-order valence-electron chi connectivity index (χ4n) is 2.35. The number of aryl methyl sites for hydroxylation is 2. The predicted molar refractivity (Wildman–Crippen MR) is 89.1 cm³/mol. The van der Waals surface area contributed by atoms with Crippen LogP contribution in [0, 0.1) is 0 Å². The van der Waals surface area contributed by atoms with Crippen molar-refractivity contribution in [1.82, 2.24) is 9.97 Å². The van der Waals surface area contributed by atoms with E-state index in [-0.39, 0.29) is 5.91 Å². The van der Waals surface area contributed by atoms with Crippen molar-refractivity contribution >= 4 is 11.6 Å². The molecule has 0 atom stereocenters. The summed E-state index contributed by atoms with van der Waals surface area (Å²) in [4.78, 5) is 19.1. The van der Waals surface area contributed by atoms with Crippen molar-refractivity contribution in [3.8, 4) is 11.3 Å². The van der Waals surface area contributed by atoms with Crippen LogP contribution in [0.4, 0.5) is 5.69 Å². The molecular weight excluding hydrogens is 290 g/mol. The molecular formula is C18H19N3O2. The highest BCUT2D eigenvalue weighted by atomic mass is 16.3. The Bertz CT molecular complexity index is 758. The lowest BCUT2D eigenvalue weighted by atomic mass is 10.1. The van der Waals surface area contributed by atoms with E-state index in [1.807, 2.05) is 43.3 Å². The summed E-state index contributed by atoms with van der Waals surface area (Å²) in [5.41, 5.74) is 2.77. The standard InChI is InChI=1S/C18H19N3O2/c1-2-15-7-8-16(23-15)9-10-18(22)21-14-5-3-13(4-6-14)17-11-19-12-20-17/h3-8,11-12H,2,9-10H2,1H3,(H,19,20)(H,21,22). The summed E-state index contributed by atoms with van der Waals surface area (Å²) in [6, 6.07) is 11.6. The molecule has 0 fully saturated rings. The average molecular weight is 309 g/mol. The smallest absolute Gasteiger partial charge is 0.224 e. The lowest BCUT2D eigenvalue weighted by molar-refractivity contribution is -0.116. The first kappa shape index (κ1) is 15.1. The first-order valence-corrected chi connectivity index (χ1v) is 7.71. The van der Waals surface area contributed by atoms with E-state index >= 15 is 0 Å². The number of imidazole rings is 1. The average Bonchev–Trinajstić information content (AvgIpc) is 3.25. The van der Waals surface area contributed by atoms with Gasteiger partial charge in [-0.25, -0.2) is 4.98 Å². The largest absolute Gasteiger partial charge is 0.466 e. The molecule has 0 saturated heterocycles. The van der Waals surface area contributed by atoms with Gasteiger partial charge in [0.25, 0.3) is 0 Å². The second kappa shape index (κ2) is 6.96. The molecule has 2 heterocycles. The number of hydrogen-bond donors (Lipinski definition) is 2. The molecule has 2 N–H and O–H groups in total. The van der Waals surface area contributed by atoms with Crippen LogP contribution in [0.5, 0.6) is 0 Å². The van der Waals surface area contributed by atoms with E-state index in [1.54, 1.807) is 12.5 Å². The Morgan fingerprint density at radius 3 is 2.61 bits per heavy atom. The quantitative estimate of drug-likeness (QED) is 0.727. The van der Waals surface area contributed by atoms with Crippen LogP contribution in [0.2, 0.25) is 0 Å². The number of H-pyrrole nitrogens is 1. The minimum Gasteiger partial charge on any atom is -0.466 e. The molecule has 23 heavy (non-hydrogen) atoms. The molecule has 0 spiro atoms. The van der Waals surface area contributed by atoms with Crippen molar-refractivity contribution in [2.24, 2.45) is 0 Å². The van der Waals surface area contributed by atoms with Crippen molar-refractivity contribution < 1.29 is 9.21 Å². The van der Waals surface area contributed by atoms with Crippen LogP contribution < -0.4 is 5.32 Å². The van der Waals surface area contributed by atoms with Gasteiger partial charge in [-0.2, -0.15) is 0 Å². The Labute approximate surface area is 134 Å². The van der Waals surface area contributed by atoms with Crippen LogP contribution in [0.15, 0.2) is 53.3 Å². The van der Waals surface area contributed by atoms with Gasteiger partial charge in [0.2, 0.25) is 5.91 Å². The maximum absolute atomic E-state index is 12.0. The number of nitrogens with one attached hydrogen (secondary N) is 2. The molecule has 0 aliphatic rings. The molecule has 5 nitrogen and oxygen atoms in total. The van der Waals surface area contributed by atoms with Crippen molar-refractivity contribution in [2.75, 3.05) is 5.32 Å². The minimum absolute atomic E-state index is 0.0197. The van der Waals surface area contributed by atoms with E-state index in [2.05, 4.69) is 15.3 Å². The molecule has 3 aromatic rings. The lowest BCUT2D eigenvalue weighted by Gasteiger charge is -2.05. The van der Waals surface area contributed by atoms with Crippen LogP contribution in [-0.4, -0.2) is 15.9 Å². The molecule has 0 saturated carbocycles. The second-order valence-corrected chi connectivity index (χ2v) is 5.31. The Kier molecular flexibility index (Phi) is 4.57. The van der Waals surface area contributed by atoms with Gasteiger partial charge in [-0.05, 0) is 29.8 Å². The van der Waals surface area contributed by atoms with E-state index in [0.29, 0.717) is 12.8 Å². The third kappa shape index (κ3) is 3.88. The zero-order valence-electron chi connectivity index (χ0n) is 13.0. The van der Waals surface area contributed by atoms with Gasteiger partial charge in [0.05, 0.1) is 18.2 Å². The minimum atomic E-state index is -0.0197. The summed E-state index contributed by atoms with van der Waals surface area (Å²) in [7, 11) is 0. The van der Waals surface area contributed by atoms with E-state index in [1.165, 1.54) is 0 Å². The first-order chi connectivity index (χ1) is 11.2. The van der Waals surface area contributed by atoms with Gasteiger partial charge in [-0.3, -0.25) is 4.79 Å². The maximum Gasteiger partial charge on any atom is 0.224 e. The zero-order valence-corrected chi connectivity index (χ0v) is 13.0.